The molecule has 0 saturated carbocycles. The van der Waals surface area contributed by atoms with E-state index in [1.165, 1.54) is 0 Å². The summed E-state index contributed by atoms with van der Waals surface area (Å²) in [6, 6.07) is 1.77. The molecule has 0 atom stereocenters. The highest BCUT2D eigenvalue weighted by Crippen LogP contribution is 2.11. The van der Waals surface area contributed by atoms with Gasteiger partial charge in [-0.2, -0.15) is 4.98 Å². The molecule has 0 N–H and O–H groups in total. The Labute approximate surface area is 86.3 Å². The first-order chi connectivity index (χ1) is 7.29. The Morgan fingerprint density at radius 3 is 2.93 bits per heavy atom. The largest absolute Gasteiger partial charge is 0.378 e. The van der Waals surface area contributed by atoms with Gasteiger partial charge in [0.25, 0.3) is 5.89 Å². The fourth-order valence-corrected chi connectivity index (χ4v) is 1.12. The van der Waals surface area contributed by atoms with E-state index in [-0.39, 0.29) is 0 Å². The summed E-state index contributed by atoms with van der Waals surface area (Å²) in [6.45, 7) is 2.18. The fraction of sp³-hybridized carbons (Fsp3) is 0.333. The molecule has 0 amide bonds. The van der Waals surface area contributed by atoms with Crippen LogP contribution in [0.4, 0.5) is 0 Å². The van der Waals surface area contributed by atoms with Gasteiger partial charge in [0.15, 0.2) is 5.82 Å². The van der Waals surface area contributed by atoms with Gasteiger partial charge in [-0.3, -0.25) is 0 Å². The van der Waals surface area contributed by atoms with Crippen LogP contribution in [-0.4, -0.2) is 27.2 Å². The Kier molecular flexibility index (Phi) is 2.68. The molecule has 6 nitrogen and oxygen atoms in total. The number of hydrogen-bond donors (Lipinski definition) is 0. The molecule has 15 heavy (non-hydrogen) atoms. The maximum absolute atomic E-state index is 4.97. The van der Waals surface area contributed by atoms with Crippen molar-refractivity contribution in [2.24, 2.45) is 0 Å². The van der Waals surface area contributed by atoms with Crippen molar-refractivity contribution in [1.29, 1.82) is 0 Å². The zero-order chi connectivity index (χ0) is 10.7. The van der Waals surface area contributed by atoms with Gasteiger partial charge in [0.2, 0.25) is 5.82 Å². The van der Waals surface area contributed by atoms with Crippen LogP contribution in [0.25, 0.3) is 11.7 Å². The minimum atomic E-state index is 0.324. The summed E-state index contributed by atoms with van der Waals surface area (Å²) in [6.07, 6.45) is 1.64. The van der Waals surface area contributed by atoms with Gasteiger partial charge >= 0.3 is 0 Å². The first kappa shape index (κ1) is 9.72. The predicted molar refractivity (Wildman–Crippen MR) is 50.8 cm³/mol. The fourth-order valence-electron chi connectivity index (χ4n) is 1.12. The number of methoxy groups -OCH3 is 1. The van der Waals surface area contributed by atoms with Gasteiger partial charge < -0.3 is 9.26 Å². The van der Waals surface area contributed by atoms with Crippen molar-refractivity contribution in [3.8, 4) is 11.7 Å². The molecule has 0 saturated heterocycles. The van der Waals surface area contributed by atoms with E-state index >= 15 is 0 Å². The molecule has 78 valence electrons. The van der Waals surface area contributed by atoms with Gasteiger partial charge in [0, 0.05) is 13.3 Å². The van der Waals surface area contributed by atoms with Crippen molar-refractivity contribution in [2.45, 2.75) is 13.5 Å². The average Bonchev–Trinajstić information content (AvgIpc) is 2.66. The molecule has 6 heteroatoms. The third-order valence-corrected chi connectivity index (χ3v) is 1.72. The first-order valence-corrected chi connectivity index (χ1v) is 4.41. The van der Waals surface area contributed by atoms with E-state index in [4.69, 9.17) is 9.26 Å². The number of nitrogens with zero attached hydrogens (tertiary/aromatic N) is 4. The molecule has 0 bridgehead atoms. The summed E-state index contributed by atoms with van der Waals surface area (Å²) in [7, 11) is 1.61. The monoisotopic (exact) mass is 206 g/mol. The van der Waals surface area contributed by atoms with E-state index in [1.54, 1.807) is 26.3 Å². The molecule has 2 aromatic heterocycles. The predicted octanol–water partition coefficient (Wildman–Crippen LogP) is 0.981. The molecule has 0 unspecified atom stereocenters. The number of ether oxygens (including phenoxy) is 1. The van der Waals surface area contributed by atoms with Crippen molar-refractivity contribution in [2.75, 3.05) is 7.11 Å². The van der Waals surface area contributed by atoms with Gasteiger partial charge in [-0.25, -0.2) is 9.97 Å². The second-order valence-electron chi connectivity index (χ2n) is 2.95. The lowest BCUT2D eigenvalue weighted by Gasteiger charge is -1.98. The van der Waals surface area contributed by atoms with E-state index in [0.29, 0.717) is 24.1 Å². The Bertz CT molecular complexity index is 455. The van der Waals surface area contributed by atoms with Crippen LogP contribution in [-0.2, 0) is 11.3 Å². The molecular formula is C9H10N4O2. The van der Waals surface area contributed by atoms with Crippen LogP contribution in [0.2, 0.25) is 0 Å². The first-order valence-electron chi connectivity index (χ1n) is 4.41. The molecule has 0 aromatic carbocycles. The van der Waals surface area contributed by atoms with Crippen molar-refractivity contribution < 1.29 is 9.26 Å². The highest BCUT2D eigenvalue weighted by Gasteiger charge is 2.09. The van der Waals surface area contributed by atoms with Crippen molar-refractivity contribution >= 4 is 0 Å². The third-order valence-electron chi connectivity index (χ3n) is 1.72. The topological polar surface area (TPSA) is 73.9 Å². The maximum Gasteiger partial charge on any atom is 0.295 e. The summed E-state index contributed by atoms with van der Waals surface area (Å²) in [4.78, 5) is 12.3. The Hall–Kier alpha value is -1.82. The summed E-state index contributed by atoms with van der Waals surface area (Å²) < 4.78 is 9.92. The van der Waals surface area contributed by atoms with E-state index in [2.05, 4.69) is 20.1 Å². The number of hydrogen-bond acceptors (Lipinski definition) is 6. The van der Waals surface area contributed by atoms with Crippen LogP contribution in [0.1, 0.15) is 11.5 Å². The smallest absolute Gasteiger partial charge is 0.295 e. The second-order valence-corrected chi connectivity index (χ2v) is 2.95. The normalized spacial score (nSPS) is 10.5. The third kappa shape index (κ3) is 2.16. The van der Waals surface area contributed by atoms with Crippen LogP contribution in [0.3, 0.4) is 0 Å². The van der Waals surface area contributed by atoms with E-state index in [0.717, 1.165) is 5.69 Å². The standard InChI is InChI=1S/C9H10N4O2/c1-6-11-9(15-13-6)8-10-4-3-7(12-8)5-14-2/h3-4H,5H2,1-2H3. The maximum atomic E-state index is 4.97. The summed E-state index contributed by atoms with van der Waals surface area (Å²) in [5, 5.41) is 3.67. The Balaban J connectivity index is 2.32. The lowest BCUT2D eigenvalue weighted by atomic mass is 10.4. The molecule has 2 heterocycles. The quantitative estimate of drug-likeness (QED) is 0.745. The number of rotatable bonds is 3. The lowest BCUT2D eigenvalue weighted by Crippen LogP contribution is -1.96. The number of aryl methyl sites for hydroxylation is 1. The van der Waals surface area contributed by atoms with Crippen molar-refractivity contribution in [3.63, 3.8) is 0 Å². The molecule has 0 aliphatic rings. The molecule has 0 aliphatic carbocycles. The zero-order valence-electron chi connectivity index (χ0n) is 8.47. The molecule has 0 radical (unpaired) electrons. The second kappa shape index (κ2) is 4.14. The van der Waals surface area contributed by atoms with Crippen LogP contribution in [0.15, 0.2) is 16.8 Å². The highest BCUT2D eigenvalue weighted by atomic mass is 16.5. The summed E-state index contributed by atoms with van der Waals surface area (Å²) in [5.41, 5.74) is 0.776. The van der Waals surface area contributed by atoms with Crippen LogP contribution < -0.4 is 0 Å². The molecule has 0 fully saturated rings. The Morgan fingerprint density at radius 1 is 1.40 bits per heavy atom. The molecule has 2 aromatic rings. The minimum Gasteiger partial charge on any atom is -0.378 e. The molecule has 2 rings (SSSR count). The lowest BCUT2D eigenvalue weighted by molar-refractivity contribution is 0.181. The van der Waals surface area contributed by atoms with Crippen molar-refractivity contribution in [1.82, 2.24) is 20.1 Å². The summed E-state index contributed by atoms with van der Waals surface area (Å²) in [5.74, 6) is 1.31. The van der Waals surface area contributed by atoms with Gasteiger partial charge in [-0.05, 0) is 13.0 Å². The molecular weight excluding hydrogens is 196 g/mol. The van der Waals surface area contributed by atoms with Crippen LogP contribution in [0.5, 0.6) is 0 Å². The average molecular weight is 206 g/mol. The minimum absolute atomic E-state index is 0.324. The zero-order valence-corrected chi connectivity index (χ0v) is 8.47. The van der Waals surface area contributed by atoms with Crippen molar-refractivity contribution in [3.05, 3.63) is 23.8 Å². The van der Waals surface area contributed by atoms with Gasteiger partial charge in [0.05, 0.1) is 12.3 Å². The van der Waals surface area contributed by atoms with Gasteiger partial charge in [-0.1, -0.05) is 5.16 Å². The van der Waals surface area contributed by atoms with Crippen LogP contribution in [0, 0.1) is 6.92 Å². The molecule has 0 aliphatic heterocycles. The van der Waals surface area contributed by atoms with Gasteiger partial charge in [0.1, 0.15) is 0 Å². The van der Waals surface area contributed by atoms with E-state index < -0.39 is 0 Å². The SMILES string of the molecule is COCc1ccnc(-c2nc(C)no2)n1. The summed E-state index contributed by atoms with van der Waals surface area (Å²) >= 11 is 0. The van der Waals surface area contributed by atoms with E-state index in [1.807, 2.05) is 0 Å². The Morgan fingerprint density at radius 2 is 2.27 bits per heavy atom. The molecule has 0 spiro atoms. The van der Waals surface area contributed by atoms with E-state index in [9.17, 15) is 0 Å². The highest BCUT2D eigenvalue weighted by molar-refractivity contribution is 5.39. The van der Waals surface area contributed by atoms with Crippen LogP contribution >= 0.6 is 0 Å². The number of aromatic nitrogens is 4. The van der Waals surface area contributed by atoms with Gasteiger partial charge in [-0.15, -0.1) is 0 Å².